The lowest BCUT2D eigenvalue weighted by molar-refractivity contribution is -0.141. The van der Waals surface area contributed by atoms with Gasteiger partial charge in [-0.3, -0.25) is 0 Å². The van der Waals surface area contributed by atoms with E-state index in [-0.39, 0.29) is 17.9 Å². The van der Waals surface area contributed by atoms with Crippen molar-refractivity contribution < 1.29 is 35.2 Å². The van der Waals surface area contributed by atoms with Crippen molar-refractivity contribution in [3.8, 4) is 5.75 Å². The highest BCUT2D eigenvalue weighted by Gasteiger charge is 2.20. The molecular formula is C13H17NO7. The van der Waals surface area contributed by atoms with Gasteiger partial charge in [-0.1, -0.05) is 17.3 Å². The fourth-order valence-corrected chi connectivity index (χ4v) is 1.43. The molecule has 0 heterocycles. The average molecular weight is 299 g/mol. The van der Waals surface area contributed by atoms with E-state index in [4.69, 9.17) is 20.5 Å². The third-order valence-corrected chi connectivity index (χ3v) is 2.68. The molecule has 0 amide bonds. The first-order chi connectivity index (χ1) is 9.97. The molecule has 0 fully saturated rings. The number of aliphatic hydroxyl groups is 3. The minimum absolute atomic E-state index is 0.0335. The Hall–Kier alpha value is -2.16. The number of oxime groups is 1. The molecule has 0 aliphatic carbocycles. The third-order valence-electron chi connectivity index (χ3n) is 2.68. The summed E-state index contributed by atoms with van der Waals surface area (Å²) in [6, 6.07) is 5.91. The van der Waals surface area contributed by atoms with Gasteiger partial charge in [0.15, 0.2) is 5.71 Å². The van der Waals surface area contributed by atoms with Crippen LogP contribution in [0.25, 0.3) is 0 Å². The molecule has 0 saturated heterocycles. The Bertz CT molecular complexity index is 486. The fraction of sp³-hybridized carbons (Fsp3) is 0.385. The summed E-state index contributed by atoms with van der Waals surface area (Å²) < 4.78 is 4.68. The summed E-state index contributed by atoms with van der Waals surface area (Å²) >= 11 is 0. The van der Waals surface area contributed by atoms with Crippen LogP contribution in [0, 0.1) is 0 Å². The van der Waals surface area contributed by atoms with Gasteiger partial charge in [-0.05, 0) is 17.7 Å². The summed E-state index contributed by atoms with van der Waals surface area (Å²) in [4.78, 5) is 11.6. The second kappa shape index (κ2) is 8.20. The number of hydrogen-bond donors (Lipinski definition) is 5. The molecular weight excluding hydrogens is 282 g/mol. The molecule has 8 nitrogen and oxygen atoms in total. The molecule has 5 N–H and O–H groups in total. The summed E-state index contributed by atoms with van der Waals surface area (Å²) in [5.74, 6) is -0.903. The highest BCUT2D eigenvalue weighted by molar-refractivity contribution is 6.36. The lowest BCUT2D eigenvalue weighted by atomic mass is 10.1. The summed E-state index contributed by atoms with van der Waals surface area (Å²) in [5.41, 5.74) is 0.305. The Morgan fingerprint density at radius 1 is 1.19 bits per heavy atom. The van der Waals surface area contributed by atoms with Crippen molar-refractivity contribution in [1.82, 2.24) is 0 Å². The van der Waals surface area contributed by atoms with E-state index in [2.05, 4.69) is 9.89 Å². The van der Waals surface area contributed by atoms with Crippen LogP contribution in [0.4, 0.5) is 0 Å². The molecule has 0 radical (unpaired) electrons. The van der Waals surface area contributed by atoms with Gasteiger partial charge in [0.2, 0.25) is 0 Å². The zero-order chi connectivity index (χ0) is 15.8. The van der Waals surface area contributed by atoms with Gasteiger partial charge in [0, 0.05) is 6.42 Å². The van der Waals surface area contributed by atoms with E-state index in [1.807, 2.05) is 0 Å². The van der Waals surface area contributed by atoms with Gasteiger partial charge in [-0.25, -0.2) is 4.79 Å². The lowest BCUT2D eigenvalue weighted by Gasteiger charge is -2.15. The molecule has 2 atom stereocenters. The van der Waals surface area contributed by atoms with E-state index in [9.17, 15) is 9.90 Å². The monoisotopic (exact) mass is 299 g/mol. The Balaban J connectivity index is 2.56. The quantitative estimate of drug-likeness (QED) is 0.189. The smallest absolute Gasteiger partial charge is 0.356 e. The predicted octanol–water partition coefficient (Wildman–Crippen LogP) is -0.978. The highest BCUT2D eigenvalue weighted by atomic mass is 16.5. The summed E-state index contributed by atoms with van der Waals surface area (Å²) in [7, 11) is 0. The molecule has 1 aromatic rings. The van der Waals surface area contributed by atoms with Crippen molar-refractivity contribution in [3.05, 3.63) is 29.8 Å². The standard InChI is InChI=1S/C13H17NO7/c15-6-11(17)12(18)7-21-13(19)10(14-20)5-8-1-3-9(16)4-2-8/h1-4,11-12,15-18,20H,5-7H2/b14-10-/t11-,12+/m0/s1. The van der Waals surface area contributed by atoms with Crippen molar-refractivity contribution in [1.29, 1.82) is 0 Å². The fourth-order valence-electron chi connectivity index (χ4n) is 1.43. The number of nitrogens with zero attached hydrogens (tertiary/aromatic N) is 1. The molecule has 21 heavy (non-hydrogen) atoms. The first-order valence-corrected chi connectivity index (χ1v) is 6.11. The molecule has 1 aromatic carbocycles. The molecule has 0 bridgehead atoms. The first-order valence-electron chi connectivity index (χ1n) is 6.11. The van der Waals surface area contributed by atoms with Crippen molar-refractivity contribution in [3.63, 3.8) is 0 Å². The number of phenols is 1. The van der Waals surface area contributed by atoms with Crippen molar-refractivity contribution >= 4 is 11.7 Å². The maximum atomic E-state index is 11.6. The largest absolute Gasteiger partial charge is 0.508 e. The zero-order valence-electron chi connectivity index (χ0n) is 11.1. The highest BCUT2D eigenvalue weighted by Crippen LogP contribution is 2.11. The van der Waals surface area contributed by atoms with E-state index in [1.165, 1.54) is 24.3 Å². The van der Waals surface area contributed by atoms with Crippen LogP contribution in [0.2, 0.25) is 0 Å². The number of rotatable bonds is 7. The van der Waals surface area contributed by atoms with Gasteiger partial charge in [-0.2, -0.15) is 0 Å². The van der Waals surface area contributed by atoms with Gasteiger partial charge in [0.05, 0.1) is 6.61 Å². The molecule has 0 unspecified atom stereocenters. The van der Waals surface area contributed by atoms with Crippen LogP contribution in [0.1, 0.15) is 5.56 Å². The third kappa shape index (κ3) is 5.38. The van der Waals surface area contributed by atoms with Crippen LogP contribution >= 0.6 is 0 Å². The van der Waals surface area contributed by atoms with E-state index in [0.717, 1.165) is 0 Å². The van der Waals surface area contributed by atoms with Gasteiger partial charge >= 0.3 is 5.97 Å². The molecule has 0 aliphatic heterocycles. The Labute approximate surface area is 120 Å². The van der Waals surface area contributed by atoms with Crippen LogP contribution in [0.3, 0.4) is 0 Å². The number of hydrogen-bond acceptors (Lipinski definition) is 8. The molecule has 116 valence electrons. The van der Waals surface area contributed by atoms with Crippen molar-refractivity contribution in [2.75, 3.05) is 13.2 Å². The molecule has 0 aliphatic rings. The average Bonchev–Trinajstić information content (AvgIpc) is 2.50. The number of esters is 1. The van der Waals surface area contributed by atoms with Crippen LogP contribution in [-0.4, -0.2) is 62.7 Å². The molecule has 1 rings (SSSR count). The maximum absolute atomic E-state index is 11.6. The van der Waals surface area contributed by atoms with E-state index < -0.39 is 31.4 Å². The lowest BCUT2D eigenvalue weighted by Crippen LogP contribution is -2.35. The Morgan fingerprint density at radius 3 is 2.33 bits per heavy atom. The number of phenolic OH excluding ortho intramolecular Hbond substituents is 1. The van der Waals surface area contributed by atoms with Crippen LogP contribution in [0.5, 0.6) is 5.75 Å². The van der Waals surface area contributed by atoms with Gasteiger partial charge in [0.1, 0.15) is 24.6 Å². The molecule has 8 heteroatoms. The summed E-state index contributed by atoms with van der Waals surface area (Å²) in [6.45, 7) is -1.22. The predicted molar refractivity (Wildman–Crippen MR) is 71.1 cm³/mol. The normalized spacial score (nSPS) is 14.5. The van der Waals surface area contributed by atoms with Gasteiger partial charge in [0.25, 0.3) is 0 Å². The summed E-state index contributed by atoms with van der Waals surface area (Å²) in [6.07, 6.45) is -2.90. The van der Waals surface area contributed by atoms with Crippen LogP contribution in [-0.2, 0) is 16.0 Å². The van der Waals surface area contributed by atoms with Crippen LogP contribution < -0.4 is 0 Å². The maximum Gasteiger partial charge on any atom is 0.356 e. The minimum Gasteiger partial charge on any atom is -0.508 e. The van der Waals surface area contributed by atoms with E-state index in [0.29, 0.717) is 5.56 Å². The summed E-state index contributed by atoms with van der Waals surface area (Å²) in [5, 5.41) is 47.8. The number of ether oxygens (including phenoxy) is 1. The topological polar surface area (TPSA) is 140 Å². The minimum atomic E-state index is -1.44. The van der Waals surface area contributed by atoms with Gasteiger partial charge < -0.3 is 30.4 Å². The Morgan fingerprint density at radius 2 is 1.81 bits per heavy atom. The van der Waals surface area contributed by atoms with Crippen molar-refractivity contribution in [2.45, 2.75) is 18.6 Å². The van der Waals surface area contributed by atoms with Gasteiger partial charge in [-0.15, -0.1) is 0 Å². The number of aromatic hydroxyl groups is 1. The number of carbonyl (C=O) groups excluding carboxylic acids is 1. The zero-order valence-corrected chi connectivity index (χ0v) is 11.1. The SMILES string of the molecule is O=C(OC[C@@H](O)[C@@H](O)CO)/C(Cc1ccc(O)cc1)=N\O. The molecule has 0 aromatic heterocycles. The second-order valence-electron chi connectivity index (χ2n) is 4.31. The molecule has 0 saturated carbocycles. The molecule has 0 spiro atoms. The van der Waals surface area contributed by atoms with E-state index in [1.54, 1.807) is 0 Å². The van der Waals surface area contributed by atoms with Crippen molar-refractivity contribution in [2.24, 2.45) is 5.16 Å². The Kier molecular flexibility index (Phi) is 6.60. The number of carbonyl (C=O) groups is 1. The van der Waals surface area contributed by atoms with E-state index >= 15 is 0 Å². The van der Waals surface area contributed by atoms with Crippen LogP contribution in [0.15, 0.2) is 29.4 Å². The number of aliphatic hydroxyl groups excluding tert-OH is 3. The second-order valence-corrected chi connectivity index (χ2v) is 4.31. The first kappa shape index (κ1) is 16.9. The number of benzene rings is 1.